The fraction of sp³-hybridized carbons (Fsp3) is 0.0741. The van der Waals surface area contributed by atoms with Crippen molar-refractivity contribution in [3.63, 3.8) is 0 Å². The number of hydrogen-bond acceptors (Lipinski definition) is 6. The largest absolute Gasteiger partial charge is 0.416 e. The Bertz CT molecular complexity index is 1490. The van der Waals surface area contributed by atoms with Crippen molar-refractivity contribution in [2.45, 2.75) is 13.1 Å². The molecule has 0 saturated carbocycles. The van der Waals surface area contributed by atoms with E-state index in [1.165, 1.54) is 18.2 Å². The van der Waals surface area contributed by atoms with Crippen molar-refractivity contribution in [3.8, 4) is 11.3 Å². The summed E-state index contributed by atoms with van der Waals surface area (Å²) in [5.74, 6) is -0.999. The molecule has 0 bridgehead atoms. The molecule has 0 radical (unpaired) electrons. The van der Waals surface area contributed by atoms with E-state index in [2.05, 4.69) is 31.1 Å². The summed E-state index contributed by atoms with van der Waals surface area (Å²) < 4.78 is 38.5. The highest BCUT2D eigenvalue weighted by Crippen LogP contribution is 2.29. The van der Waals surface area contributed by atoms with Crippen LogP contribution in [0.2, 0.25) is 0 Å². The summed E-state index contributed by atoms with van der Waals surface area (Å²) in [5, 5.41) is 3.09. The fourth-order valence-electron chi connectivity index (χ4n) is 3.34. The minimum Gasteiger partial charge on any atom is -0.324 e. The van der Waals surface area contributed by atoms with Crippen molar-refractivity contribution in [2.24, 2.45) is 0 Å². The molecule has 0 saturated heterocycles. The molecule has 0 fully saturated rings. The number of pyridine rings is 1. The van der Waals surface area contributed by atoms with Crippen molar-refractivity contribution in [1.29, 1.82) is 0 Å². The Hall–Kier alpha value is -5.06. The predicted octanol–water partition coefficient (Wildman–Crippen LogP) is 5.08. The standard InChI is InChI=1S/C27H21F3N6O2/c1-17-7-9-19(15-23(17)34-26-32-13-11-22(33-26)20-5-3-12-31-16-20)25(38)36-35-24(37)10-8-18-4-2-6-21(14-18)27(28,29)30/h2-16H,1H3,(H,35,37)(H,36,38)(H,32,33,34)/b10-8+. The second kappa shape index (κ2) is 11.3. The van der Waals surface area contributed by atoms with Gasteiger partial charge in [-0.15, -0.1) is 0 Å². The summed E-state index contributed by atoms with van der Waals surface area (Å²) in [6, 6.07) is 14.8. The van der Waals surface area contributed by atoms with E-state index in [-0.39, 0.29) is 11.1 Å². The highest BCUT2D eigenvalue weighted by molar-refractivity contribution is 5.98. The predicted molar refractivity (Wildman–Crippen MR) is 136 cm³/mol. The second-order valence-electron chi connectivity index (χ2n) is 8.06. The maximum Gasteiger partial charge on any atom is 0.416 e. The van der Waals surface area contributed by atoms with Crippen LogP contribution in [0.4, 0.5) is 24.8 Å². The van der Waals surface area contributed by atoms with Crippen LogP contribution in [-0.2, 0) is 11.0 Å². The number of halogens is 3. The summed E-state index contributed by atoms with van der Waals surface area (Å²) in [5.41, 5.74) is 6.97. The Kier molecular flexibility index (Phi) is 7.76. The van der Waals surface area contributed by atoms with Crippen LogP contribution in [0.3, 0.4) is 0 Å². The Labute approximate surface area is 215 Å². The van der Waals surface area contributed by atoms with Crippen molar-refractivity contribution in [2.75, 3.05) is 5.32 Å². The maximum atomic E-state index is 12.8. The lowest BCUT2D eigenvalue weighted by Gasteiger charge is -2.12. The lowest BCUT2D eigenvalue weighted by Crippen LogP contribution is -2.40. The normalized spacial score (nSPS) is 11.3. The number of amides is 2. The van der Waals surface area contributed by atoms with E-state index in [1.807, 2.05) is 13.0 Å². The highest BCUT2D eigenvalue weighted by Gasteiger charge is 2.30. The maximum absolute atomic E-state index is 12.8. The zero-order valence-corrected chi connectivity index (χ0v) is 20.0. The van der Waals surface area contributed by atoms with Crippen LogP contribution >= 0.6 is 0 Å². The van der Waals surface area contributed by atoms with Crippen LogP contribution in [0.25, 0.3) is 17.3 Å². The van der Waals surface area contributed by atoms with Crippen LogP contribution in [0.15, 0.2) is 85.3 Å². The van der Waals surface area contributed by atoms with E-state index in [1.54, 1.807) is 48.9 Å². The van der Waals surface area contributed by atoms with E-state index in [9.17, 15) is 22.8 Å². The first-order chi connectivity index (χ1) is 18.2. The van der Waals surface area contributed by atoms with Crippen molar-refractivity contribution < 1.29 is 22.8 Å². The van der Waals surface area contributed by atoms with Crippen LogP contribution < -0.4 is 16.2 Å². The molecule has 8 nitrogen and oxygen atoms in total. The molecule has 3 N–H and O–H groups in total. The molecular formula is C27H21F3N6O2. The average Bonchev–Trinajstić information content (AvgIpc) is 2.92. The van der Waals surface area contributed by atoms with Gasteiger partial charge in [0.15, 0.2) is 0 Å². The van der Waals surface area contributed by atoms with E-state index < -0.39 is 23.6 Å². The molecule has 2 amide bonds. The first-order valence-electron chi connectivity index (χ1n) is 11.3. The topological polar surface area (TPSA) is 109 Å². The van der Waals surface area contributed by atoms with E-state index >= 15 is 0 Å². The fourth-order valence-corrected chi connectivity index (χ4v) is 3.34. The van der Waals surface area contributed by atoms with Gasteiger partial charge in [0.25, 0.3) is 11.8 Å². The number of aryl methyl sites for hydroxylation is 1. The average molecular weight is 518 g/mol. The zero-order valence-electron chi connectivity index (χ0n) is 20.0. The van der Waals surface area contributed by atoms with E-state index in [0.717, 1.165) is 29.3 Å². The van der Waals surface area contributed by atoms with Crippen molar-refractivity contribution in [1.82, 2.24) is 25.8 Å². The molecule has 4 rings (SSSR count). The third-order valence-electron chi connectivity index (χ3n) is 5.30. The SMILES string of the molecule is Cc1ccc(C(=O)NNC(=O)/C=C/c2cccc(C(F)(F)F)c2)cc1Nc1nccc(-c2cccnc2)n1. The van der Waals surface area contributed by atoms with Gasteiger partial charge < -0.3 is 5.32 Å². The van der Waals surface area contributed by atoms with Gasteiger partial charge in [0, 0.05) is 41.5 Å². The lowest BCUT2D eigenvalue weighted by atomic mass is 10.1. The number of carbonyl (C=O) groups is 2. The molecule has 38 heavy (non-hydrogen) atoms. The van der Waals surface area contributed by atoms with E-state index in [0.29, 0.717) is 17.3 Å². The smallest absolute Gasteiger partial charge is 0.324 e. The number of hydrogen-bond donors (Lipinski definition) is 3. The van der Waals surface area contributed by atoms with Crippen molar-refractivity contribution >= 4 is 29.5 Å². The van der Waals surface area contributed by atoms with Gasteiger partial charge >= 0.3 is 6.18 Å². The molecule has 0 aliphatic carbocycles. The first kappa shape index (κ1) is 26.0. The van der Waals surface area contributed by atoms with Gasteiger partial charge in [0.05, 0.1) is 11.3 Å². The highest BCUT2D eigenvalue weighted by atomic mass is 19.4. The molecule has 2 aromatic heterocycles. The molecule has 192 valence electrons. The molecule has 4 aromatic rings. The Morgan fingerprint density at radius 3 is 2.55 bits per heavy atom. The first-order valence-corrected chi connectivity index (χ1v) is 11.3. The third-order valence-corrected chi connectivity index (χ3v) is 5.30. The summed E-state index contributed by atoms with van der Waals surface area (Å²) in [6.07, 6.45) is 2.70. The van der Waals surface area contributed by atoms with Gasteiger partial charge in [-0.2, -0.15) is 13.2 Å². The van der Waals surface area contributed by atoms with Crippen LogP contribution in [0, 0.1) is 6.92 Å². The number of anilines is 2. The minimum absolute atomic E-state index is 0.186. The molecule has 0 atom stereocenters. The summed E-state index contributed by atoms with van der Waals surface area (Å²) in [4.78, 5) is 37.5. The van der Waals surface area contributed by atoms with Gasteiger partial charge in [-0.25, -0.2) is 9.97 Å². The summed E-state index contributed by atoms with van der Waals surface area (Å²) in [7, 11) is 0. The molecule has 0 aliphatic rings. The Balaban J connectivity index is 1.39. The van der Waals surface area contributed by atoms with Gasteiger partial charge in [0.1, 0.15) is 0 Å². The molecule has 2 heterocycles. The van der Waals surface area contributed by atoms with Crippen LogP contribution in [-0.4, -0.2) is 26.8 Å². The zero-order chi connectivity index (χ0) is 27.1. The number of alkyl halides is 3. The van der Waals surface area contributed by atoms with Gasteiger partial charge in [-0.3, -0.25) is 25.4 Å². The monoisotopic (exact) mass is 518 g/mol. The number of aromatic nitrogens is 3. The molecule has 0 spiro atoms. The lowest BCUT2D eigenvalue weighted by molar-refractivity contribution is -0.137. The van der Waals surface area contributed by atoms with Crippen LogP contribution in [0.5, 0.6) is 0 Å². The number of nitrogens with one attached hydrogen (secondary N) is 3. The van der Waals surface area contributed by atoms with Gasteiger partial charge in [-0.1, -0.05) is 18.2 Å². The molecule has 11 heteroatoms. The number of benzene rings is 2. The molecular weight excluding hydrogens is 497 g/mol. The minimum atomic E-state index is -4.49. The molecule has 2 aromatic carbocycles. The van der Waals surface area contributed by atoms with Gasteiger partial charge in [0.2, 0.25) is 5.95 Å². The summed E-state index contributed by atoms with van der Waals surface area (Å²) >= 11 is 0. The number of nitrogens with zero attached hydrogens (tertiary/aromatic N) is 3. The number of rotatable bonds is 6. The van der Waals surface area contributed by atoms with Crippen LogP contribution in [0.1, 0.15) is 27.0 Å². The molecule has 0 unspecified atom stereocenters. The van der Waals surface area contributed by atoms with E-state index in [4.69, 9.17) is 0 Å². The summed E-state index contributed by atoms with van der Waals surface area (Å²) in [6.45, 7) is 1.84. The molecule has 0 aliphatic heterocycles. The number of hydrazine groups is 1. The quantitative estimate of drug-likeness (QED) is 0.243. The number of carbonyl (C=O) groups excluding carboxylic acids is 2. The Morgan fingerprint density at radius 2 is 1.79 bits per heavy atom. The third kappa shape index (κ3) is 6.78. The second-order valence-corrected chi connectivity index (χ2v) is 8.06. The van der Waals surface area contributed by atoms with Gasteiger partial charge in [-0.05, 0) is 66.6 Å². The van der Waals surface area contributed by atoms with Crippen molar-refractivity contribution in [3.05, 3.63) is 108 Å². The Morgan fingerprint density at radius 1 is 0.947 bits per heavy atom.